The number of benzene rings is 5. The van der Waals surface area contributed by atoms with Crippen LogP contribution >= 0.6 is 0 Å². The molecule has 4 nitrogen and oxygen atoms in total. The minimum atomic E-state index is -1.19. The first kappa shape index (κ1) is 23.0. The van der Waals surface area contributed by atoms with E-state index in [9.17, 15) is 27.2 Å². The first-order valence-corrected chi connectivity index (χ1v) is 10.6. The zero-order valence-electron chi connectivity index (χ0n) is 18.2. The smallest absolute Gasteiger partial charge is 0.343 e. The molecule has 0 fully saturated rings. The molecular weight excluding hydrogens is 476 g/mol. The van der Waals surface area contributed by atoms with Crippen LogP contribution in [0.1, 0.15) is 20.7 Å². The predicted molar refractivity (Wildman–Crippen MR) is 124 cm³/mol. The average molecular weight is 490 g/mol. The van der Waals surface area contributed by atoms with Crippen LogP contribution in [0.5, 0.6) is 11.5 Å². The van der Waals surface area contributed by atoms with Gasteiger partial charge in [-0.25, -0.2) is 27.2 Å². The largest absolute Gasteiger partial charge is 0.422 e. The molecule has 0 spiro atoms. The van der Waals surface area contributed by atoms with Crippen molar-refractivity contribution in [3.63, 3.8) is 0 Å². The van der Waals surface area contributed by atoms with Crippen LogP contribution < -0.4 is 9.47 Å². The maximum Gasteiger partial charge on any atom is 0.343 e. The Morgan fingerprint density at radius 2 is 0.917 bits per heavy atom. The van der Waals surface area contributed by atoms with Crippen molar-refractivity contribution >= 4 is 33.5 Å². The third-order valence-corrected chi connectivity index (χ3v) is 5.52. The Bertz CT molecular complexity index is 1560. The van der Waals surface area contributed by atoms with Gasteiger partial charge < -0.3 is 9.47 Å². The summed E-state index contributed by atoms with van der Waals surface area (Å²) < 4.78 is 64.6. The van der Waals surface area contributed by atoms with Crippen LogP contribution in [-0.4, -0.2) is 11.9 Å². The van der Waals surface area contributed by atoms with E-state index in [1.54, 1.807) is 12.1 Å². The van der Waals surface area contributed by atoms with Crippen LogP contribution in [0.15, 0.2) is 84.9 Å². The van der Waals surface area contributed by atoms with Crippen LogP contribution in [0.3, 0.4) is 0 Å². The van der Waals surface area contributed by atoms with Gasteiger partial charge in [0, 0.05) is 10.8 Å². The number of carbonyl (C=O) groups is 2. The average Bonchev–Trinajstić information content (AvgIpc) is 2.87. The lowest BCUT2D eigenvalue weighted by atomic mass is 10.0. The third-order valence-electron chi connectivity index (χ3n) is 5.52. The zero-order valence-corrected chi connectivity index (χ0v) is 18.2. The van der Waals surface area contributed by atoms with Gasteiger partial charge in [-0.2, -0.15) is 0 Å². The molecule has 0 aliphatic heterocycles. The molecule has 0 saturated heterocycles. The molecule has 0 radical (unpaired) electrons. The number of carbonyl (C=O) groups excluding carboxylic acids is 2. The molecule has 0 amide bonds. The lowest BCUT2D eigenvalue weighted by Crippen LogP contribution is -2.11. The summed E-state index contributed by atoms with van der Waals surface area (Å²) >= 11 is 0. The summed E-state index contributed by atoms with van der Waals surface area (Å²) in [7, 11) is 0. The van der Waals surface area contributed by atoms with E-state index in [4.69, 9.17) is 9.47 Å². The maximum absolute atomic E-state index is 13.6. The minimum Gasteiger partial charge on any atom is -0.422 e. The highest BCUT2D eigenvalue weighted by Gasteiger charge is 2.18. The summed E-state index contributed by atoms with van der Waals surface area (Å²) in [6, 6.07) is 18.8. The van der Waals surface area contributed by atoms with Crippen LogP contribution in [0.25, 0.3) is 21.5 Å². The number of hydrogen-bond acceptors (Lipinski definition) is 4. The van der Waals surface area contributed by atoms with Gasteiger partial charge in [-0.3, -0.25) is 0 Å². The van der Waals surface area contributed by atoms with Crippen LogP contribution in [-0.2, 0) is 0 Å². The van der Waals surface area contributed by atoms with E-state index in [0.717, 1.165) is 47.2 Å². The summed E-state index contributed by atoms with van der Waals surface area (Å²) in [5, 5.41) is 2.36. The number of hydrogen-bond donors (Lipinski definition) is 0. The normalized spacial score (nSPS) is 11.0. The Kier molecular flexibility index (Phi) is 5.85. The van der Waals surface area contributed by atoms with E-state index < -0.39 is 35.2 Å². The predicted octanol–water partition coefficient (Wildman–Crippen LogP) is 6.99. The summed E-state index contributed by atoms with van der Waals surface area (Å²) in [6.07, 6.45) is 0. The highest BCUT2D eigenvalue weighted by molar-refractivity contribution is 6.06. The lowest BCUT2D eigenvalue weighted by Gasteiger charge is -2.13. The van der Waals surface area contributed by atoms with E-state index >= 15 is 0 Å². The molecule has 5 aromatic rings. The minimum absolute atomic E-state index is 0.0816. The second-order valence-electron chi connectivity index (χ2n) is 7.84. The third kappa shape index (κ3) is 4.36. The van der Waals surface area contributed by atoms with Gasteiger partial charge in [0.2, 0.25) is 0 Å². The van der Waals surface area contributed by atoms with Gasteiger partial charge >= 0.3 is 11.9 Å². The topological polar surface area (TPSA) is 52.6 Å². The number of fused-ring (bicyclic) bond motifs is 2. The highest BCUT2D eigenvalue weighted by Crippen LogP contribution is 2.37. The first-order chi connectivity index (χ1) is 17.3. The van der Waals surface area contributed by atoms with E-state index in [1.807, 2.05) is 24.3 Å². The van der Waals surface area contributed by atoms with Gasteiger partial charge in [-0.15, -0.1) is 0 Å². The van der Waals surface area contributed by atoms with Gasteiger partial charge in [0.15, 0.2) is 23.3 Å². The van der Waals surface area contributed by atoms with E-state index in [-0.39, 0.29) is 22.6 Å². The van der Waals surface area contributed by atoms with Gasteiger partial charge in [0.25, 0.3) is 0 Å². The van der Waals surface area contributed by atoms with E-state index in [2.05, 4.69) is 0 Å². The molecule has 0 atom stereocenters. The van der Waals surface area contributed by atoms with Gasteiger partial charge in [-0.05, 0) is 71.4 Å². The molecular formula is C28H14F4O4. The van der Waals surface area contributed by atoms with Crippen LogP contribution in [0, 0.1) is 23.3 Å². The number of halogens is 4. The van der Waals surface area contributed by atoms with Gasteiger partial charge in [0.1, 0.15) is 11.5 Å². The molecule has 178 valence electrons. The van der Waals surface area contributed by atoms with Crippen molar-refractivity contribution in [2.24, 2.45) is 0 Å². The zero-order chi connectivity index (χ0) is 25.4. The first-order valence-electron chi connectivity index (χ1n) is 10.6. The second-order valence-corrected chi connectivity index (χ2v) is 7.84. The fourth-order valence-electron chi connectivity index (χ4n) is 3.72. The summed E-state index contributed by atoms with van der Waals surface area (Å²) in [6.45, 7) is 0. The van der Waals surface area contributed by atoms with Crippen molar-refractivity contribution in [3.05, 3.63) is 119 Å². The molecule has 5 aromatic carbocycles. The van der Waals surface area contributed by atoms with Gasteiger partial charge in [-0.1, -0.05) is 24.3 Å². The van der Waals surface area contributed by atoms with Crippen molar-refractivity contribution in [2.75, 3.05) is 0 Å². The molecule has 0 bridgehead atoms. The number of esters is 2. The van der Waals surface area contributed by atoms with Crippen molar-refractivity contribution in [1.82, 2.24) is 0 Å². The molecule has 0 aromatic heterocycles. The quantitative estimate of drug-likeness (QED) is 0.118. The highest BCUT2D eigenvalue weighted by atomic mass is 19.2. The van der Waals surface area contributed by atoms with E-state index in [1.165, 1.54) is 12.1 Å². The molecule has 0 aliphatic rings. The number of ether oxygens (including phenoxy) is 2. The Balaban J connectivity index is 1.57. The Morgan fingerprint density at radius 3 is 1.31 bits per heavy atom. The number of rotatable bonds is 4. The van der Waals surface area contributed by atoms with E-state index in [0.29, 0.717) is 10.8 Å². The molecule has 8 heteroatoms. The SMILES string of the molecule is O=C(Oc1ccc(OC(=O)c2ccc(F)c(F)c2)c2cc3ccccc3cc12)c1ccc(F)c(F)c1. The van der Waals surface area contributed by atoms with Crippen molar-refractivity contribution < 1.29 is 36.6 Å². The summed E-state index contributed by atoms with van der Waals surface area (Å²) in [5.74, 6) is -6.27. The summed E-state index contributed by atoms with van der Waals surface area (Å²) in [4.78, 5) is 25.3. The Labute approximate surface area is 201 Å². The molecule has 0 unspecified atom stereocenters. The Hall–Kier alpha value is -4.72. The fourth-order valence-corrected chi connectivity index (χ4v) is 3.72. The summed E-state index contributed by atoms with van der Waals surface area (Å²) in [5.41, 5.74) is -0.395. The molecule has 5 rings (SSSR count). The molecule has 0 aliphatic carbocycles. The molecule has 0 N–H and O–H groups in total. The molecule has 0 heterocycles. The maximum atomic E-state index is 13.6. The van der Waals surface area contributed by atoms with Crippen LogP contribution in [0.2, 0.25) is 0 Å². The second kappa shape index (κ2) is 9.14. The molecule has 36 heavy (non-hydrogen) atoms. The Morgan fingerprint density at radius 1 is 0.500 bits per heavy atom. The van der Waals surface area contributed by atoms with Gasteiger partial charge in [0.05, 0.1) is 11.1 Å². The monoisotopic (exact) mass is 490 g/mol. The van der Waals surface area contributed by atoms with Crippen molar-refractivity contribution in [3.8, 4) is 11.5 Å². The van der Waals surface area contributed by atoms with Crippen LogP contribution in [0.4, 0.5) is 17.6 Å². The van der Waals surface area contributed by atoms with Crippen molar-refractivity contribution in [2.45, 2.75) is 0 Å². The fraction of sp³-hybridized carbons (Fsp3) is 0. The molecule has 0 saturated carbocycles. The standard InChI is InChI=1S/C28H14F4O4/c29-21-7-5-17(13-23(21)31)27(33)35-25-9-10-26(36-28(34)18-6-8-22(30)24(32)14-18)20-12-16-4-2-1-3-15(16)11-19(20)25/h1-14H. The lowest BCUT2D eigenvalue weighted by molar-refractivity contribution is 0.0722. The van der Waals surface area contributed by atoms with Crippen molar-refractivity contribution in [1.29, 1.82) is 0 Å².